The van der Waals surface area contributed by atoms with E-state index in [0.29, 0.717) is 13.2 Å². The molecule has 0 heterocycles. The summed E-state index contributed by atoms with van der Waals surface area (Å²) in [6.07, 6.45) is -2.89. The molecule has 172 valence electrons. The van der Waals surface area contributed by atoms with Crippen molar-refractivity contribution >= 4 is 23.9 Å². The number of quaternary nitrogens is 2. The van der Waals surface area contributed by atoms with Gasteiger partial charge in [-0.25, -0.2) is 0 Å². The van der Waals surface area contributed by atoms with Gasteiger partial charge in [-0.15, -0.1) is 0 Å². The number of carbonyl (C=O) groups excluding carboxylic acids is 4. The highest BCUT2D eigenvalue weighted by atomic mass is 16.5. The van der Waals surface area contributed by atoms with Gasteiger partial charge in [0.25, 0.3) is 0 Å². The summed E-state index contributed by atoms with van der Waals surface area (Å²) in [5.74, 6) is -3.83. The summed E-state index contributed by atoms with van der Waals surface area (Å²) in [6.45, 7) is 5.60. The summed E-state index contributed by atoms with van der Waals surface area (Å²) in [4.78, 5) is 39.7. The molecule has 11 nitrogen and oxygen atoms in total. The fourth-order valence-electron chi connectivity index (χ4n) is 1.17. The van der Waals surface area contributed by atoms with Crippen molar-refractivity contribution in [3.05, 3.63) is 0 Å². The third kappa shape index (κ3) is 37.2. The van der Waals surface area contributed by atoms with Crippen molar-refractivity contribution in [2.24, 2.45) is 0 Å². The maximum absolute atomic E-state index is 10.3. The van der Waals surface area contributed by atoms with Gasteiger partial charge in [0.05, 0.1) is 54.4 Å². The predicted molar refractivity (Wildman–Crippen MR) is 99.7 cm³/mol. The summed E-state index contributed by atoms with van der Waals surface area (Å²) in [7, 11) is 12.4. The lowest BCUT2D eigenvalue weighted by Crippen LogP contribution is -2.39. The van der Waals surface area contributed by atoms with Crippen molar-refractivity contribution in [3.63, 3.8) is 0 Å². The van der Waals surface area contributed by atoms with Crippen LogP contribution in [0.4, 0.5) is 0 Å². The van der Waals surface area contributed by atoms with Crippen molar-refractivity contribution in [2.75, 3.05) is 68.6 Å². The van der Waals surface area contributed by atoms with Gasteiger partial charge in [0.2, 0.25) is 0 Å². The maximum Gasteiger partial charge on any atom is 0.302 e. The van der Waals surface area contributed by atoms with Crippen LogP contribution in [0.3, 0.4) is 0 Å². The first-order valence-electron chi connectivity index (χ1n) is 8.83. The van der Waals surface area contributed by atoms with Gasteiger partial charge < -0.3 is 43.3 Å². The molecule has 1 N–H and O–H groups in total. The molecule has 0 aromatic heterocycles. The van der Waals surface area contributed by atoms with E-state index in [9.17, 15) is 29.4 Å². The fraction of sp³-hybridized carbons (Fsp3) is 0.778. The van der Waals surface area contributed by atoms with Gasteiger partial charge in [0, 0.05) is 26.2 Å². The second kappa shape index (κ2) is 15.7. The number of aliphatic carboxylic acids is 2. The molecule has 0 saturated carbocycles. The quantitative estimate of drug-likeness (QED) is 0.297. The topological polar surface area (TPSA) is 153 Å². The average molecular weight is 424 g/mol. The number of rotatable bonds is 9. The zero-order valence-electron chi connectivity index (χ0n) is 18.7. The number of carbonyl (C=O) groups is 4. The number of carboxylic acids is 2. The van der Waals surface area contributed by atoms with E-state index in [2.05, 4.69) is 42.3 Å². The Morgan fingerprint density at radius 2 is 1.10 bits per heavy atom. The molecular weight excluding hydrogens is 388 g/mol. The third-order valence-corrected chi connectivity index (χ3v) is 2.77. The van der Waals surface area contributed by atoms with Crippen LogP contribution in [0.5, 0.6) is 0 Å². The molecule has 0 amide bonds. The van der Waals surface area contributed by atoms with Gasteiger partial charge in [0.1, 0.15) is 26.3 Å². The van der Waals surface area contributed by atoms with Gasteiger partial charge in [-0.1, -0.05) is 0 Å². The van der Waals surface area contributed by atoms with E-state index < -0.39 is 24.5 Å². The molecule has 0 aliphatic carbocycles. The summed E-state index contributed by atoms with van der Waals surface area (Å²) in [5, 5.41) is 27.3. The molecule has 1 atom stereocenters. The highest BCUT2D eigenvalue weighted by molar-refractivity contribution is 5.77. The highest BCUT2D eigenvalue weighted by Crippen LogP contribution is 1.90. The Labute approximate surface area is 172 Å². The molecule has 0 rings (SSSR count). The van der Waals surface area contributed by atoms with Crippen molar-refractivity contribution in [1.29, 1.82) is 0 Å². The normalized spacial score (nSPS) is 11.6. The van der Waals surface area contributed by atoms with Crippen molar-refractivity contribution in [2.45, 2.75) is 26.4 Å². The molecule has 0 fully saturated rings. The van der Waals surface area contributed by atoms with Gasteiger partial charge in [-0.05, 0) is 0 Å². The lowest BCUT2D eigenvalue weighted by atomic mass is 10.3. The number of hydrogen-bond acceptors (Lipinski definition) is 9. The average Bonchev–Trinajstić information content (AvgIpc) is 2.44. The minimum Gasteiger partial charge on any atom is -0.550 e. The molecule has 0 radical (unpaired) electrons. The smallest absolute Gasteiger partial charge is 0.302 e. The molecule has 0 bridgehead atoms. The van der Waals surface area contributed by atoms with Crippen LogP contribution in [0, 0.1) is 0 Å². The van der Waals surface area contributed by atoms with Crippen LogP contribution in [0.15, 0.2) is 0 Å². The van der Waals surface area contributed by atoms with Crippen LogP contribution in [0.25, 0.3) is 0 Å². The number of nitrogens with zero attached hydrogens (tertiary/aromatic N) is 2. The van der Waals surface area contributed by atoms with Crippen molar-refractivity contribution < 1.29 is 52.9 Å². The molecule has 0 saturated heterocycles. The zero-order chi connectivity index (χ0) is 23.8. The Morgan fingerprint density at radius 1 is 0.793 bits per heavy atom. The van der Waals surface area contributed by atoms with Crippen LogP contribution in [-0.4, -0.2) is 113 Å². The molecular formula is C18H36N2O9. The zero-order valence-corrected chi connectivity index (χ0v) is 18.7. The highest BCUT2D eigenvalue weighted by Gasteiger charge is 2.07. The fourth-order valence-corrected chi connectivity index (χ4v) is 1.17. The Kier molecular flexibility index (Phi) is 17.0. The third-order valence-electron chi connectivity index (χ3n) is 2.77. The second-order valence-electron chi connectivity index (χ2n) is 8.12. The molecule has 11 heteroatoms. The number of carboxylic acid groups (broad SMARTS) is 2. The molecule has 29 heavy (non-hydrogen) atoms. The van der Waals surface area contributed by atoms with E-state index in [-0.39, 0.29) is 11.9 Å². The number of esters is 2. The Morgan fingerprint density at radius 3 is 1.24 bits per heavy atom. The number of aliphatic hydroxyl groups excluding tert-OH is 1. The minimum atomic E-state index is -1.96. The second-order valence-corrected chi connectivity index (χ2v) is 8.12. The van der Waals surface area contributed by atoms with E-state index in [1.54, 1.807) is 0 Å². The standard InChI is InChI=1S/2C7H16NO2.C4H6O5/c2*1-7(9)10-6-5-8(2,3)4;5-2(4(8)9)1-3(6)7/h2*5-6H2,1-4H3;2,5H,1H2,(H,6,7)(H,8,9)/q2*+1;/p-2. The van der Waals surface area contributed by atoms with Crippen LogP contribution < -0.4 is 10.2 Å². The molecule has 0 aliphatic rings. The maximum atomic E-state index is 10.3. The van der Waals surface area contributed by atoms with Gasteiger partial charge in [-0.2, -0.15) is 0 Å². The Hall–Kier alpha value is -2.24. The van der Waals surface area contributed by atoms with Gasteiger partial charge in [-0.3, -0.25) is 9.59 Å². The number of aliphatic hydroxyl groups is 1. The number of hydrogen-bond donors (Lipinski definition) is 1. The number of likely N-dealkylation sites (N-methyl/N-ethyl adjacent to an activating group) is 2. The van der Waals surface area contributed by atoms with Gasteiger partial charge >= 0.3 is 11.9 Å². The van der Waals surface area contributed by atoms with Gasteiger partial charge in [0.15, 0.2) is 0 Å². The van der Waals surface area contributed by atoms with E-state index in [4.69, 9.17) is 14.6 Å². The monoisotopic (exact) mass is 424 g/mol. The van der Waals surface area contributed by atoms with Crippen molar-refractivity contribution in [3.8, 4) is 0 Å². The first-order chi connectivity index (χ1) is 12.9. The SMILES string of the molecule is CC(=O)OCC[N+](C)(C)C.CC(=O)OCC[N+](C)(C)C.O=C([O-])CC(O)C(=O)[O-]. The van der Waals surface area contributed by atoms with E-state index >= 15 is 0 Å². The van der Waals surface area contributed by atoms with E-state index in [0.717, 1.165) is 22.1 Å². The van der Waals surface area contributed by atoms with Crippen LogP contribution in [-0.2, 0) is 28.7 Å². The van der Waals surface area contributed by atoms with Crippen LogP contribution in [0.2, 0.25) is 0 Å². The lowest BCUT2D eigenvalue weighted by molar-refractivity contribution is -0.870. The van der Waals surface area contributed by atoms with E-state index in [1.807, 2.05) is 0 Å². The summed E-state index contributed by atoms with van der Waals surface area (Å²) in [6, 6.07) is 0. The first-order valence-corrected chi connectivity index (χ1v) is 8.83. The predicted octanol–water partition coefficient (Wildman–Crippen LogP) is -3.25. The number of ether oxygens (including phenoxy) is 2. The van der Waals surface area contributed by atoms with Crippen molar-refractivity contribution in [1.82, 2.24) is 0 Å². The van der Waals surface area contributed by atoms with Crippen LogP contribution >= 0.6 is 0 Å². The molecule has 0 aromatic carbocycles. The molecule has 0 aromatic rings. The molecule has 1 unspecified atom stereocenters. The van der Waals surface area contributed by atoms with Crippen LogP contribution in [0.1, 0.15) is 20.3 Å². The Bertz CT molecular complexity index is 478. The molecule has 0 spiro atoms. The largest absolute Gasteiger partial charge is 0.550 e. The summed E-state index contributed by atoms with van der Waals surface area (Å²) < 4.78 is 11.2. The minimum absolute atomic E-state index is 0.201. The summed E-state index contributed by atoms with van der Waals surface area (Å²) in [5.41, 5.74) is 0. The first kappa shape index (κ1) is 31.5. The Balaban J connectivity index is -0.000000350. The summed E-state index contributed by atoms with van der Waals surface area (Å²) >= 11 is 0. The lowest BCUT2D eigenvalue weighted by Gasteiger charge is -2.23. The molecule has 0 aliphatic heterocycles. The van der Waals surface area contributed by atoms with E-state index in [1.165, 1.54) is 13.8 Å².